The number of rotatable bonds is 7. The fraction of sp³-hybridized carbons (Fsp3) is 0.929. The van der Waals surface area contributed by atoms with Crippen LogP contribution in [0.2, 0.25) is 0 Å². The predicted octanol–water partition coefficient (Wildman–Crippen LogP) is 1.54. The molecule has 1 unspecified atom stereocenters. The Balaban J connectivity index is 2.18. The first kappa shape index (κ1) is 15.4. The molecule has 0 spiro atoms. The lowest BCUT2D eigenvalue weighted by Gasteiger charge is -2.23. The fourth-order valence-electron chi connectivity index (χ4n) is 2.47. The van der Waals surface area contributed by atoms with E-state index in [4.69, 9.17) is 10.5 Å². The van der Waals surface area contributed by atoms with Gasteiger partial charge in [-0.15, -0.1) is 0 Å². The quantitative estimate of drug-likeness (QED) is 0.726. The van der Waals surface area contributed by atoms with E-state index in [2.05, 4.69) is 19.2 Å². The van der Waals surface area contributed by atoms with E-state index in [9.17, 15) is 4.79 Å². The first-order valence-electron chi connectivity index (χ1n) is 7.16. The molecule has 1 rings (SSSR count). The van der Waals surface area contributed by atoms with Crippen molar-refractivity contribution >= 4 is 5.91 Å². The molecule has 1 saturated heterocycles. The van der Waals surface area contributed by atoms with E-state index in [1.807, 2.05) is 0 Å². The molecule has 4 heteroatoms. The maximum absolute atomic E-state index is 11.8. The molecular weight excluding hydrogens is 228 g/mol. The molecule has 1 amide bonds. The van der Waals surface area contributed by atoms with Gasteiger partial charge in [0.1, 0.15) is 0 Å². The summed E-state index contributed by atoms with van der Waals surface area (Å²) in [6.45, 7) is 7.40. The van der Waals surface area contributed by atoms with Crippen molar-refractivity contribution < 1.29 is 9.53 Å². The minimum Gasteiger partial charge on any atom is -0.381 e. The summed E-state index contributed by atoms with van der Waals surface area (Å²) in [5.74, 6) is 1.66. The van der Waals surface area contributed by atoms with Crippen LogP contribution in [0.25, 0.3) is 0 Å². The molecule has 1 heterocycles. The standard InChI is InChI=1S/C14H28N2O2/c1-11(2)7-13(9-15)8-14(17)16-10-12-3-5-18-6-4-12/h11-13H,3-10,15H2,1-2H3,(H,16,17). The zero-order valence-electron chi connectivity index (χ0n) is 11.8. The number of nitrogens with two attached hydrogens (primary N) is 1. The van der Waals surface area contributed by atoms with E-state index >= 15 is 0 Å². The number of carbonyl (C=O) groups is 1. The molecule has 1 aliphatic heterocycles. The van der Waals surface area contributed by atoms with Crippen molar-refractivity contribution in [3.63, 3.8) is 0 Å². The number of ether oxygens (including phenoxy) is 1. The highest BCUT2D eigenvalue weighted by Crippen LogP contribution is 2.15. The third-order valence-corrected chi connectivity index (χ3v) is 3.54. The normalized spacial score (nSPS) is 18.9. The predicted molar refractivity (Wildman–Crippen MR) is 73.2 cm³/mol. The summed E-state index contributed by atoms with van der Waals surface area (Å²) in [5.41, 5.74) is 5.71. The van der Waals surface area contributed by atoms with Gasteiger partial charge in [0.05, 0.1) is 0 Å². The molecule has 0 aromatic carbocycles. The summed E-state index contributed by atoms with van der Waals surface area (Å²) in [6.07, 6.45) is 3.72. The molecule has 0 radical (unpaired) electrons. The Morgan fingerprint density at radius 2 is 2.06 bits per heavy atom. The van der Waals surface area contributed by atoms with Crippen LogP contribution in [0.4, 0.5) is 0 Å². The fourth-order valence-corrected chi connectivity index (χ4v) is 2.47. The van der Waals surface area contributed by atoms with Crippen LogP contribution >= 0.6 is 0 Å². The lowest BCUT2D eigenvalue weighted by atomic mass is 9.94. The number of hydrogen-bond acceptors (Lipinski definition) is 3. The molecule has 0 bridgehead atoms. The molecule has 0 saturated carbocycles. The van der Waals surface area contributed by atoms with Gasteiger partial charge in [0.2, 0.25) is 5.91 Å². The molecule has 1 fully saturated rings. The molecule has 3 N–H and O–H groups in total. The van der Waals surface area contributed by atoms with Crippen molar-refractivity contribution in [1.82, 2.24) is 5.32 Å². The van der Waals surface area contributed by atoms with E-state index < -0.39 is 0 Å². The van der Waals surface area contributed by atoms with Gasteiger partial charge in [0, 0.05) is 26.2 Å². The summed E-state index contributed by atoms with van der Waals surface area (Å²) in [6, 6.07) is 0. The SMILES string of the molecule is CC(C)CC(CN)CC(=O)NCC1CCOCC1. The van der Waals surface area contributed by atoms with Gasteiger partial charge in [-0.05, 0) is 43.6 Å². The van der Waals surface area contributed by atoms with Gasteiger partial charge in [0.25, 0.3) is 0 Å². The van der Waals surface area contributed by atoms with Crippen molar-refractivity contribution in [2.24, 2.45) is 23.5 Å². The van der Waals surface area contributed by atoms with Crippen molar-refractivity contribution in [3.05, 3.63) is 0 Å². The summed E-state index contributed by atoms with van der Waals surface area (Å²) < 4.78 is 5.30. The van der Waals surface area contributed by atoms with Crippen LogP contribution in [0.3, 0.4) is 0 Å². The molecule has 4 nitrogen and oxygen atoms in total. The van der Waals surface area contributed by atoms with Crippen LogP contribution in [0, 0.1) is 17.8 Å². The van der Waals surface area contributed by atoms with Crippen LogP contribution in [-0.4, -0.2) is 32.2 Å². The lowest BCUT2D eigenvalue weighted by Crippen LogP contribution is -2.34. The van der Waals surface area contributed by atoms with Crippen LogP contribution in [0.5, 0.6) is 0 Å². The maximum Gasteiger partial charge on any atom is 0.220 e. The third-order valence-electron chi connectivity index (χ3n) is 3.54. The molecule has 1 aliphatic rings. The molecule has 1 atom stereocenters. The van der Waals surface area contributed by atoms with E-state index in [0.29, 0.717) is 30.7 Å². The second kappa shape index (κ2) is 8.48. The Hall–Kier alpha value is -0.610. The van der Waals surface area contributed by atoms with E-state index in [1.165, 1.54) is 0 Å². The van der Waals surface area contributed by atoms with Crippen LogP contribution < -0.4 is 11.1 Å². The highest BCUT2D eigenvalue weighted by molar-refractivity contribution is 5.76. The smallest absolute Gasteiger partial charge is 0.220 e. The number of hydrogen-bond donors (Lipinski definition) is 2. The average Bonchev–Trinajstić information content (AvgIpc) is 2.36. The van der Waals surface area contributed by atoms with Crippen LogP contribution in [-0.2, 0) is 9.53 Å². The van der Waals surface area contributed by atoms with E-state index in [0.717, 1.165) is 39.0 Å². The Kier molecular flexibility index (Phi) is 7.28. The monoisotopic (exact) mass is 256 g/mol. The van der Waals surface area contributed by atoms with Gasteiger partial charge < -0.3 is 15.8 Å². The lowest BCUT2D eigenvalue weighted by molar-refractivity contribution is -0.122. The number of carbonyl (C=O) groups excluding carboxylic acids is 1. The minimum absolute atomic E-state index is 0.151. The molecule has 18 heavy (non-hydrogen) atoms. The third kappa shape index (κ3) is 6.36. The number of nitrogens with one attached hydrogen (secondary N) is 1. The number of amides is 1. The second-order valence-corrected chi connectivity index (χ2v) is 5.80. The molecular formula is C14H28N2O2. The Labute approximate surface area is 111 Å². The van der Waals surface area contributed by atoms with Gasteiger partial charge in [-0.1, -0.05) is 13.8 Å². The largest absolute Gasteiger partial charge is 0.381 e. The topological polar surface area (TPSA) is 64.4 Å². The Bertz CT molecular complexity index is 238. The summed E-state index contributed by atoms with van der Waals surface area (Å²) in [7, 11) is 0. The highest BCUT2D eigenvalue weighted by atomic mass is 16.5. The van der Waals surface area contributed by atoms with Gasteiger partial charge in [-0.25, -0.2) is 0 Å². The van der Waals surface area contributed by atoms with E-state index in [1.54, 1.807) is 0 Å². The van der Waals surface area contributed by atoms with Gasteiger partial charge in [-0.3, -0.25) is 4.79 Å². The van der Waals surface area contributed by atoms with Crippen LogP contribution in [0.1, 0.15) is 39.5 Å². The van der Waals surface area contributed by atoms with Crippen molar-refractivity contribution in [1.29, 1.82) is 0 Å². The van der Waals surface area contributed by atoms with E-state index in [-0.39, 0.29) is 5.91 Å². The van der Waals surface area contributed by atoms with Crippen molar-refractivity contribution in [2.45, 2.75) is 39.5 Å². The van der Waals surface area contributed by atoms with Crippen molar-refractivity contribution in [3.8, 4) is 0 Å². The molecule has 0 aromatic heterocycles. The van der Waals surface area contributed by atoms with Gasteiger partial charge >= 0.3 is 0 Å². The first-order valence-corrected chi connectivity index (χ1v) is 7.16. The zero-order chi connectivity index (χ0) is 13.4. The minimum atomic E-state index is 0.151. The molecule has 0 aliphatic carbocycles. The maximum atomic E-state index is 11.8. The van der Waals surface area contributed by atoms with Crippen molar-refractivity contribution in [2.75, 3.05) is 26.3 Å². The Morgan fingerprint density at radius 1 is 1.39 bits per heavy atom. The second-order valence-electron chi connectivity index (χ2n) is 5.80. The summed E-state index contributed by atoms with van der Waals surface area (Å²) in [4.78, 5) is 11.8. The Morgan fingerprint density at radius 3 is 2.61 bits per heavy atom. The summed E-state index contributed by atoms with van der Waals surface area (Å²) in [5, 5.41) is 3.04. The van der Waals surface area contributed by atoms with Gasteiger partial charge in [-0.2, -0.15) is 0 Å². The summed E-state index contributed by atoms with van der Waals surface area (Å²) >= 11 is 0. The highest BCUT2D eigenvalue weighted by Gasteiger charge is 2.17. The van der Waals surface area contributed by atoms with Gasteiger partial charge in [0.15, 0.2) is 0 Å². The van der Waals surface area contributed by atoms with Crippen LogP contribution in [0.15, 0.2) is 0 Å². The molecule has 106 valence electrons. The first-order chi connectivity index (χ1) is 8.61. The average molecular weight is 256 g/mol. The molecule has 0 aromatic rings. The zero-order valence-corrected chi connectivity index (χ0v) is 11.8.